The van der Waals surface area contributed by atoms with Gasteiger partial charge in [0.05, 0.1) is 0 Å². The van der Waals surface area contributed by atoms with Crippen molar-refractivity contribution >= 4 is 0 Å². The van der Waals surface area contributed by atoms with Gasteiger partial charge in [-0.3, -0.25) is 0 Å². The van der Waals surface area contributed by atoms with Gasteiger partial charge >= 0.3 is 43.4 Å². The van der Waals surface area contributed by atoms with Gasteiger partial charge < -0.3 is 45.0 Å². The van der Waals surface area contributed by atoms with E-state index in [1.165, 1.54) is 12.8 Å². The Hall–Kier alpha value is 1.39. The molecule has 0 aliphatic carbocycles. The molecular formula is C20H48OTi2. The Bertz CT molecular complexity index is 47.6. The first-order chi connectivity index (χ1) is 9.49. The zero-order valence-electron chi connectivity index (χ0n) is 18.1. The first-order valence-corrected chi connectivity index (χ1v) is 8.03. The molecule has 0 aromatic rings. The third-order valence-corrected chi connectivity index (χ3v) is 0.707. The summed E-state index contributed by atoms with van der Waals surface area (Å²) in [7, 11) is 0. The fourth-order valence-corrected chi connectivity index (χ4v) is 0. The Kier molecular flexibility index (Phi) is 326. The zero-order valence-corrected chi connectivity index (χ0v) is 21.2. The van der Waals surface area contributed by atoms with Gasteiger partial charge in [-0.2, -0.15) is 68.2 Å². The van der Waals surface area contributed by atoms with E-state index in [2.05, 4.69) is 27.7 Å². The summed E-state index contributed by atoms with van der Waals surface area (Å²) in [5.41, 5.74) is 0. The molecule has 2 radical (unpaired) electrons. The molecule has 0 spiro atoms. The third kappa shape index (κ3) is 932. The quantitative estimate of drug-likeness (QED) is 0.343. The summed E-state index contributed by atoms with van der Waals surface area (Å²) >= 11 is 0. The molecule has 0 rings (SSSR count). The van der Waals surface area contributed by atoms with Gasteiger partial charge in [0.15, 0.2) is 0 Å². The molecule has 0 atom stereocenters. The summed E-state index contributed by atoms with van der Waals surface area (Å²) in [6, 6.07) is 0. The van der Waals surface area contributed by atoms with Crippen molar-refractivity contribution in [1.82, 2.24) is 0 Å². The van der Waals surface area contributed by atoms with Crippen molar-refractivity contribution in [3.63, 3.8) is 0 Å². The van der Waals surface area contributed by atoms with Crippen LogP contribution >= 0.6 is 0 Å². The van der Waals surface area contributed by atoms with E-state index >= 15 is 0 Å². The monoisotopic (exact) mass is 400 g/mol. The van der Waals surface area contributed by atoms with Crippen LogP contribution in [-0.2, 0) is 43.4 Å². The van der Waals surface area contributed by atoms with Crippen molar-refractivity contribution in [3.8, 4) is 0 Å². The van der Waals surface area contributed by atoms with E-state index in [9.17, 15) is 0 Å². The number of rotatable bonds is 2. The first kappa shape index (κ1) is 56.3. The molecule has 0 unspecified atom stereocenters. The maximum absolute atomic E-state index is 3.60. The SMILES string of the molecule is C[CH-]C.C[CH-]C.C[CH-]C.C[CH-]C.O.[CH2-]CCC.[CH2-]CCC.[Ti+3].[Ti+3]. The Morgan fingerprint density at radius 1 is 0.522 bits per heavy atom. The van der Waals surface area contributed by atoms with Crippen LogP contribution in [0.5, 0.6) is 0 Å². The van der Waals surface area contributed by atoms with Gasteiger partial charge in [-0.05, 0) is 0 Å². The average molecular weight is 400 g/mol. The van der Waals surface area contributed by atoms with Crippen LogP contribution in [0.15, 0.2) is 0 Å². The van der Waals surface area contributed by atoms with Crippen molar-refractivity contribution in [3.05, 3.63) is 39.5 Å². The molecule has 0 aliphatic heterocycles. The van der Waals surface area contributed by atoms with E-state index in [4.69, 9.17) is 0 Å². The van der Waals surface area contributed by atoms with Gasteiger partial charge in [0, 0.05) is 0 Å². The van der Waals surface area contributed by atoms with E-state index in [1.807, 2.05) is 81.1 Å². The fraction of sp³-hybridized carbons (Fsp3) is 0.700. The summed E-state index contributed by atoms with van der Waals surface area (Å²) < 4.78 is 0. The average Bonchev–Trinajstić information content (AvgIpc) is 2.42. The first-order valence-electron chi connectivity index (χ1n) is 8.03. The minimum absolute atomic E-state index is 0. The number of hydrogen-bond donors (Lipinski definition) is 0. The van der Waals surface area contributed by atoms with Crippen molar-refractivity contribution < 1.29 is 48.9 Å². The molecule has 23 heavy (non-hydrogen) atoms. The summed E-state index contributed by atoms with van der Waals surface area (Å²) in [6.07, 6.45) is 12.6. The Morgan fingerprint density at radius 2 is 0.565 bits per heavy atom. The predicted molar refractivity (Wildman–Crippen MR) is 107 cm³/mol. The normalized spacial score (nSPS) is 5.74. The molecule has 1 nitrogen and oxygen atoms in total. The van der Waals surface area contributed by atoms with Gasteiger partial charge in [-0.15, -0.1) is 0 Å². The van der Waals surface area contributed by atoms with Gasteiger partial charge in [0.25, 0.3) is 0 Å². The van der Waals surface area contributed by atoms with E-state index in [-0.39, 0.29) is 48.9 Å². The molecule has 0 aromatic carbocycles. The van der Waals surface area contributed by atoms with Crippen molar-refractivity contribution in [1.29, 1.82) is 0 Å². The van der Waals surface area contributed by atoms with Crippen LogP contribution in [0.2, 0.25) is 0 Å². The number of unbranched alkanes of at least 4 members (excludes halogenated alkanes) is 2. The Morgan fingerprint density at radius 3 is 0.565 bits per heavy atom. The van der Waals surface area contributed by atoms with Crippen LogP contribution in [-0.4, -0.2) is 5.48 Å². The molecule has 142 valence electrons. The maximum Gasteiger partial charge on any atom is 3.00 e. The van der Waals surface area contributed by atoms with Crippen molar-refractivity contribution in [2.75, 3.05) is 0 Å². The van der Waals surface area contributed by atoms with Crippen LogP contribution in [0.4, 0.5) is 0 Å². The van der Waals surface area contributed by atoms with Crippen LogP contribution in [0.3, 0.4) is 0 Å². The van der Waals surface area contributed by atoms with Crippen LogP contribution in [0.1, 0.15) is 94.9 Å². The van der Waals surface area contributed by atoms with Gasteiger partial charge in [-0.25, -0.2) is 0 Å². The molecule has 0 saturated carbocycles. The fourth-order valence-electron chi connectivity index (χ4n) is 0. The van der Waals surface area contributed by atoms with Crippen LogP contribution in [0, 0.1) is 39.5 Å². The van der Waals surface area contributed by atoms with Crippen LogP contribution in [0.25, 0.3) is 0 Å². The van der Waals surface area contributed by atoms with Crippen molar-refractivity contribution in [2.24, 2.45) is 0 Å². The van der Waals surface area contributed by atoms with E-state index < -0.39 is 0 Å². The molecule has 0 saturated heterocycles. The summed E-state index contributed by atoms with van der Waals surface area (Å²) in [6.45, 7) is 27.4. The molecule has 0 aromatic heterocycles. The largest absolute Gasteiger partial charge is 3.00 e. The minimum Gasteiger partial charge on any atom is -0.412 e. The molecule has 0 aliphatic rings. The summed E-state index contributed by atoms with van der Waals surface area (Å²) in [5, 5.41) is 0. The van der Waals surface area contributed by atoms with Gasteiger partial charge in [0.1, 0.15) is 0 Å². The standard InChI is InChI=1S/2C4H9.4C3H7.H2O.2Ti/c2*1-3-4-2;4*1-3-2;;;/h2*1,3-4H2,2H3;4*3H,1-2H3;1H2;;/q6*-1;;2*+3. The molecular weight excluding hydrogens is 352 g/mol. The zero-order chi connectivity index (χ0) is 17.7. The topological polar surface area (TPSA) is 31.5 Å². The Labute approximate surface area is 182 Å². The second-order valence-corrected chi connectivity index (χ2v) is 4.02. The van der Waals surface area contributed by atoms with Crippen LogP contribution < -0.4 is 0 Å². The summed E-state index contributed by atoms with van der Waals surface area (Å²) in [4.78, 5) is 0. The van der Waals surface area contributed by atoms with E-state index in [1.54, 1.807) is 0 Å². The minimum atomic E-state index is 0. The number of hydrogen-bond acceptors (Lipinski definition) is 0. The van der Waals surface area contributed by atoms with E-state index in [0.717, 1.165) is 12.8 Å². The smallest absolute Gasteiger partial charge is 0.412 e. The second kappa shape index (κ2) is 133. The maximum atomic E-state index is 3.60. The molecule has 0 bridgehead atoms. The third-order valence-electron chi connectivity index (χ3n) is 0.707. The molecule has 3 heteroatoms. The molecule has 0 heterocycles. The van der Waals surface area contributed by atoms with Gasteiger partial charge in [0.2, 0.25) is 0 Å². The molecule has 0 amide bonds. The molecule has 2 N–H and O–H groups in total. The molecule has 0 fully saturated rings. The summed E-state index contributed by atoms with van der Waals surface area (Å²) in [5.74, 6) is 0. The van der Waals surface area contributed by atoms with Gasteiger partial charge in [-0.1, -0.05) is 26.7 Å². The van der Waals surface area contributed by atoms with Crippen molar-refractivity contribution in [2.45, 2.75) is 94.9 Å². The predicted octanol–water partition coefficient (Wildman–Crippen LogP) is 7.33. The van der Waals surface area contributed by atoms with E-state index in [0.29, 0.717) is 0 Å². The second-order valence-electron chi connectivity index (χ2n) is 4.02. The Balaban J connectivity index is -0.0000000143.